The van der Waals surface area contributed by atoms with E-state index in [4.69, 9.17) is 5.73 Å². The molecule has 0 saturated carbocycles. The molecule has 1 rings (SSSR count). The minimum atomic E-state index is 0.0858. The fraction of sp³-hybridized carbons (Fsp3) is 0.538. The van der Waals surface area contributed by atoms with Crippen LogP contribution in [0.15, 0.2) is 24.3 Å². The van der Waals surface area contributed by atoms with Crippen molar-refractivity contribution in [2.75, 3.05) is 6.54 Å². The number of aromatic hydroxyl groups is 1. The maximum atomic E-state index is 9.27. The van der Waals surface area contributed by atoms with E-state index in [2.05, 4.69) is 13.8 Å². The van der Waals surface area contributed by atoms with Crippen molar-refractivity contribution in [1.82, 2.24) is 0 Å². The van der Waals surface area contributed by atoms with Gasteiger partial charge >= 0.3 is 0 Å². The number of phenolic OH excluding ortho intramolecular Hbond substituents is 1. The van der Waals surface area contributed by atoms with Gasteiger partial charge in [-0.25, -0.2) is 0 Å². The second kappa shape index (κ2) is 5.17. The lowest BCUT2D eigenvalue weighted by molar-refractivity contribution is 0.384. The van der Waals surface area contributed by atoms with E-state index in [1.807, 2.05) is 12.1 Å². The highest BCUT2D eigenvalue weighted by Gasteiger charge is 2.27. The summed E-state index contributed by atoms with van der Waals surface area (Å²) in [6.07, 6.45) is 3.28. The second-order valence-corrected chi connectivity index (χ2v) is 4.13. The Labute approximate surface area is 92.1 Å². The van der Waals surface area contributed by atoms with E-state index in [0.29, 0.717) is 12.3 Å². The van der Waals surface area contributed by atoms with Crippen molar-refractivity contribution in [2.45, 2.75) is 38.5 Å². The number of rotatable bonds is 5. The number of hydrogen-bond donors (Lipinski definition) is 2. The first kappa shape index (κ1) is 12.1. The first-order valence-corrected chi connectivity index (χ1v) is 5.68. The molecule has 0 aromatic heterocycles. The van der Waals surface area contributed by atoms with E-state index in [0.717, 1.165) is 19.3 Å². The molecule has 15 heavy (non-hydrogen) atoms. The molecule has 3 N–H and O–H groups in total. The average Bonchev–Trinajstić information content (AvgIpc) is 2.27. The summed E-state index contributed by atoms with van der Waals surface area (Å²) in [7, 11) is 0. The Morgan fingerprint density at radius 2 is 1.80 bits per heavy atom. The maximum absolute atomic E-state index is 9.27. The molecule has 0 aliphatic carbocycles. The Kier molecular flexibility index (Phi) is 4.15. The molecule has 0 heterocycles. The number of nitrogens with two attached hydrogens (primary N) is 1. The molecule has 1 aromatic rings. The summed E-state index contributed by atoms with van der Waals surface area (Å²) in [6, 6.07) is 7.46. The van der Waals surface area contributed by atoms with Crippen molar-refractivity contribution in [3.05, 3.63) is 29.8 Å². The predicted molar refractivity (Wildman–Crippen MR) is 64.0 cm³/mol. The Bertz CT molecular complexity index is 288. The van der Waals surface area contributed by atoms with E-state index in [9.17, 15) is 5.11 Å². The van der Waals surface area contributed by atoms with Crippen LogP contribution in [0.1, 0.15) is 38.7 Å². The van der Waals surface area contributed by atoms with Crippen molar-refractivity contribution in [2.24, 2.45) is 5.73 Å². The summed E-state index contributed by atoms with van der Waals surface area (Å²) in [5.74, 6) is 0.317. The van der Waals surface area contributed by atoms with E-state index in [1.165, 1.54) is 5.56 Å². The van der Waals surface area contributed by atoms with E-state index >= 15 is 0 Å². The molecule has 0 radical (unpaired) electrons. The van der Waals surface area contributed by atoms with Crippen LogP contribution in [0.2, 0.25) is 0 Å². The van der Waals surface area contributed by atoms with Crippen LogP contribution in [0.3, 0.4) is 0 Å². The van der Waals surface area contributed by atoms with Gasteiger partial charge in [-0.3, -0.25) is 0 Å². The summed E-state index contributed by atoms with van der Waals surface area (Å²) in [5.41, 5.74) is 7.24. The highest BCUT2D eigenvalue weighted by Crippen LogP contribution is 2.32. The molecule has 0 saturated heterocycles. The van der Waals surface area contributed by atoms with E-state index in [-0.39, 0.29) is 5.41 Å². The van der Waals surface area contributed by atoms with Crippen LogP contribution in [0.4, 0.5) is 0 Å². The molecule has 1 aromatic carbocycles. The molecule has 0 fully saturated rings. The largest absolute Gasteiger partial charge is 0.508 e. The fourth-order valence-electron chi connectivity index (χ4n) is 2.18. The Balaban J connectivity index is 3.02. The van der Waals surface area contributed by atoms with Gasteiger partial charge in [0.15, 0.2) is 0 Å². The molecular formula is C13H21NO. The topological polar surface area (TPSA) is 46.2 Å². The van der Waals surface area contributed by atoms with Gasteiger partial charge in [0.25, 0.3) is 0 Å². The van der Waals surface area contributed by atoms with Crippen molar-refractivity contribution >= 4 is 0 Å². The summed E-state index contributed by atoms with van der Waals surface area (Å²) in [4.78, 5) is 0. The van der Waals surface area contributed by atoms with Crippen LogP contribution < -0.4 is 5.73 Å². The monoisotopic (exact) mass is 207 g/mol. The van der Waals surface area contributed by atoms with Crippen LogP contribution in [0, 0.1) is 0 Å². The Morgan fingerprint density at radius 3 is 2.20 bits per heavy atom. The molecule has 0 amide bonds. The third-order valence-corrected chi connectivity index (χ3v) is 3.28. The molecule has 84 valence electrons. The Morgan fingerprint density at radius 1 is 1.20 bits per heavy atom. The van der Waals surface area contributed by atoms with Crippen LogP contribution in [0.25, 0.3) is 0 Å². The molecule has 1 atom stereocenters. The van der Waals surface area contributed by atoms with Gasteiger partial charge in [-0.05, 0) is 30.5 Å². The van der Waals surface area contributed by atoms with Gasteiger partial charge in [0.2, 0.25) is 0 Å². The van der Waals surface area contributed by atoms with Gasteiger partial charge < -0.3 is 10.8 Å². The summed E-state index contributed by atoms with van der Waals surface area (Å²) in [6.45, 7) is 5.03. The number of benzene rings is 1. The summed E-state index contributed by atoms with van der Waals surface area (Å²) in [5, 5.41) is 9.27. The molecule has 1 unspecified atom stereocenters. The van der Waals surface area contributed by atoms with Crippen molar-refractivity contribution in [3.63, 3.8) is 0 Å². The lowest BCUT2D eigenvalue weighted by atomic mass is 9.75. The quantitative estimate of drug-likeness (QED) is 0.780. The number of hydrogen-bond acceptors (Lipinski definition) is 2. The maximum Gasteiger partial charge on any atom is 0.115 e. The Hall–Kier alpha value is -1.02. The van der Waals surface area contributed by atoms with Crippen LogP contribution in [0.5, 0.6) is 5.75 Å². The van der Waals surface area contributed by atoms with Gasteiger partial charge in [0.1, 0.15) is 5.75 Å². The fourth-order valence-corrected chi connectivity index (χ4v) is 2.18. The zero-order valence-electron chi connectivity index (χ0n) is 9.66. The molecule has 2 nitrogen and oxygen atoms in total. The van der Waals surface area contributed by atoms with Gasteiger partial charge in [-0.1, -0.05) is 32.4 Å². The SMILES string of the molecule is CCCC(CC)(CN)c1ccc(O)cc1. The lowest BCUT2D eigenvalue weighted by Crippen LogP contribution is -2.34. The second-order valence-electron chi connectivity index (χ2n) is 4.13. The lowest BCUT2D eigenvalue weighted by Gasteiger charge is -2.31. The number of phenols is 1. The van der Waals surface area contributed by atoms with Gasteiger partial charge in [0.05, 0.1) is 0 Å². The van der Waals surface area contributed by atoms with Crippen LogP contribution >= 0.6 is 0 Å². The zero-order chi connectivity index (χ0) is 11.3. The smallest absolute Gasteiger partial charge is 0.115 e. The van der Waals surface area contributed by atoms with Crippen LogP contribution in [-0.4, -0.2) is 11.7 Å². The van der Waals surface area contributed by atoms with E-state index in [1.54, 1.807) is 12.1 Å². The van der Waals surface area contributed by atoms with Crippen molar-refractivity contribution in [3.8, 4) is 5.75 Å². The normalized spacial score (nSPS) is 14.9. The average molecular weight is 207 g/mol. The summed E-state index contributed by atoms with van der Waals surface area (Å²) >= 11 is 0. The minimum Gasteiger partial charge on any atom is -0.508 e. The van der Waals surface area contributed by atoms with Crippen molar-refractivity contribution in [1.29, 1.82) is 0 Å². The molecule has 2 heteroatoms. The van der Waals surface area contributed by atoms with Gasteiger partial charge in [-0.15, -0.1) is 0 Å². The predicted octanol–water partition coefficient (Wildman–Crippen LogP) is 2.80. The third kappa shape index (κ3) is 2.51. The first-order valence-electron chi connectivity index (χ1n) is 5.68. The highest BCUT2D eigenvalue weighted by atomic mass is 16.3. The standard InChI is InChI=1S/C13H21NO/c1-3-9-13(4-2,10-14)11-5-7-12(15)8-6-11/h5-8,15H,3-4,9-10,14H2,1-2H3. The molecule has 0 bridgehead atoms. The third-order valence-electron chi connectivity index (χ3n) is 3.28. The van der Waals surface area contributed by atoms with Gasteiger partial charge in [-0.2, -0.15) is 0 Å². The first-order chi connectivity index (χ1) is 7.18. The zero-order valence-corrected chi connectivity index (χ0v) is 9.66. The molecular weight excluding hydrogens is 186 g/mol. The molecule has 0 aliphatic heterocycles. The van der Waals surface area contributed by atoms with Crippen molar-refractivity contribution < 1.29 is 5.11 Å². The minimum absolute atomic E-state index is 0.0858. The van der Waals surface area contributed by atoms with Gasteiger partial charge in [0, 0.05) is 12.0 Å². The van der Waals surface area contributed by atoms with Crippen LogP contribution in [-0.2, 0) is 5.41 Å². The van der Waals surface area contributed by atoms with E-state index < -0.39 is 0 Å². The summed E-state index contributed by atoms with van der Waals surface area (Å²) < 4.78 is 0. The highest BCUT2D eigenvalue weighted by molar-refractivity contribution is 5.32. The molecule has 0 aliphatic rings. The molecule has 0 spiro atoms.